The van der Waals surface area contributed by atoms with Crippen molar-refractivity contribution < 1.29 is 4.79 Å². The van der Waals surface area contributed by atoms with E-state index < -0.39 is 0 Å². The number of thioether (sulfide) groups is 1. The average molecular weight is 206 g/mol. The van der Waals surface area contributed by atoms with Crippen LogP contribution in [0.2, 0.25) is 0 Å². The van der Waals surface area contributed by atoms with Gasteiger partial charge in [-0.2, -0.15) is 0 Å². The van der Waals surface area contributed by atoms with Gasteiger partial charge in [0.2, 0.25) is 4.45 Å². The molecule has 0 heterocycles. The van der Waals surface area contributed by atoms with E-state index in [-0.39, 0.29) is 4.45 Å². The van der Waals surface area contributed by atoms with E-state index in [0.29, 0.717) is 5.92 Å². The first kappa shape index (κ1) is 12.4. The Hall–Kier alpha value is 0.370. The molecular weight excluding hydrogens is 188 g/mol. The maximum Gasteiger partial charge on any atom is 0.243 e. The van der Waals surface area contributed by atoms with Crippen molar-refractivity contribution in [1.29, 1.82) is 0 Å². The Morgan fingerprint density at radius 1 is 1.50 bits per heavy atom. The molecule has 0 aromatic rings. The third-order valence-corrected chi connectivity index (χ3v) is 3.26. The highest BCUT2D eigenvalue weighted by Gasteiger charge is 2.07. The van der Waals surface area contributed by atoms with Crippen LogP contribution < -0.4 is 0 Å². The maximum absolute atomic E-state index is 10.6. The van der Waals surface area contributed by atoms with E-state index in [1.807, 2.05) is 0 Å². The standard InChI is InChI=1S/C9H18OS2/c1-3-5-6-8(4-2)7-12-9(10)11/h8H,3-7H2,1-2H3,(H,10,11). The molecule has 0 aromatic carbocycles. The van der Waals surface area contributed by atoms with E-state index in [2.05, 4.69) is 26.5 Å². The molecule has 0 aliphatic heterocycles. The molecule has 12 heavy (non-hydrogen) atoms. The summed E-state index contributed by atoms with van der Waals surface area (Å²) in [4.78, 5) is 10.6. The fourth-order valence-corrected chi connectivity index (χ4v) is 2.09. The predicted molar refractivity (Wildman–Crippen MR) is 60.1 cm³/mol. The molecule has 0 N–H and O–H groups in total. The largest absolute Gasteiger partial charge is 0.275 e. The summed E-state index contributed by atoms with van der Waals surface area (Å²) in [7, 11) is 0. The molecule has 0 aromatic heterocycles. The van der Waals surface area contributed by atoms with Crippen LogP contribution in [0.5, 0.6) is 0 Å². The van der Waals surface area contributed by atoms with Crippen molar-refractivity contribution in [3.05, 3.63) is 0 Å². The van der Waals surface area contributed by atoms with Crippen LogP contribution in [-0.2, 0) is 0 Å². The number of thiol groups is 1. The highest BCUT2D eigenvalue weighted by atomic mass is 32.2. The summed E-state index contributed by atoms with van der Waals surface area (Å²) in [6, 6.07) is 0. The summed E-state index contributed by atoms with van der Waals surface area (Å²) >= 11 is 5.07. The fourth-order valence-electron chi connectivity index (χ4n) is 1.09. The molecule has 0 radical (unpaired) electrons. The summed E-state index contributed by atoms with van der Waals surface area (Å²) in [5.41, 5.74) is 0. The second-order valence-electron chi connectivity index (χ2n) is 2.99. The van der Waals surface area contributed by atoms with Gasteiger partial charge in [-0.05, 0) is 12.3 Å². The second-order valence-corrected chi connectivity index (χ2v) is 4.69. The van der Waals surface area contributed by atoms with E-state index in [4.69, 9.17) is 0 Å². The van der Waals surface area contributed by atoms with Crippen LogP contribution in [-0.4, -0.2) is 10.2 Å². The molecular formula is C9H18OS2. The van der Waals surface area contributed by atoms with Gasteiger partial charge in [0, 0.05) is 5.75 Å². The number of carbonyl (C=O) groups is 1. The molecule has 0 aliphatic rings. The number of carbonyl (C=O) groups excluding carboxylic acids is 1. The van der Waals surface area contributed by atoms with Gasteiger partial charge in [-0.15, -0.1) is 0 Å². The molecule has 0 bridgehead atoms. The van der Waals surface area contributed by atoms with Crippen LogP contribution in [0, 0.1) is 5.92 Å². The molecule has 0 aliphatic carbocycles. The molecule has 0 spiro atoms. The smallest absolute Gasteiger partial charge is 0.243 e. The first-order chi connectivity index (χ1) is 5.70. The van der Waals surface area contributed by atoms with Crippen molar-refractivity contribution in [2.45, 2.75) is 39.5 Å². The highest BCUT2D eigenvalue weighted by Crippen LogP contribution is 2.20. The normalized spacial score (nSPS) is 12.9. The lowest BCUT2D eigenvalue weighted by Gasteiger charge is -2.11. The van der Waals surface area contributed by atoms with Gasteiger partial charge in [0.1, 0.15) is 0 Å². The Balaban J connectivity index is 3.45. The van der Waals surface area contributed by atoms with Gasteiger partial charge in [0.25, 0.3) is 0 Å². The fraction of sp³-hybridized carbons (Fsp3) is 0.889. The number of unbranched alkanes of at least 4 members (excludes halogenated alkanes) is 1. The topological polar surface area (TPSA) is 17.1 Å². The van der Waals surface area contributed by atoms with Crippen molar-refractivity contribution in [1.82, 2.24) is 0 Å². The van der Waals surface area contributed by atoms with Crippen LogP contribution in [0.3, 0.4) is 0 Å². The van der Waals surface area contributed by atoms with Crippen molar-refractivity contribution in [2.75, 3.05) is 5.75 Å². The van der Waals surface area contributed by atoms with Gasteiger partial charge in [-0.25, -0.2) is 0 Å². The van der Waals surface area contributed by atoms with Crippen LogP contribution in [0.15, 0.2) is 0 Å². The number of hydrogen-bond donors (Lipinski definition) is 1. The second kappa shape index (κ2) is 7.99. The third kappa shape index (κ3) is 7.04. The van der Waals surface area contributed by atoms with Crippen molar-refractivity contribution in [3.63, 3.8) is 0 Å². The first-order valence-electron chi connectivity index (χ1n) is 4.56. The lowest BCUT2D eigenvalue weighted by atomic mass is 10.0. The van der Waals surface area contributed by atoms with Gasteiger partial charge < -0.3 is 0 Å². The minimum Gasteiger partial charge on any atom is -0.275 e. The number of rotatable bonds is 6. The summed E-state index contributed by atoms with van der Waals surface area (Å²) in [6.07, 6.45) is 4.95. The zero-order valence-corrected chi connectivity index (χ0v) is 9.59. The lowest BCUT2D eigenvalue weighted by molar-refractivity contribution is 0.277. The molecule has 0 rings (SSSR count). The Morgan fingerprint density at radius 3 is 2.58 bits per heavy atom. The van der Waals surface area contributed by atoms with Crippen LogP contribution in [0.4, 0.5) is 4.79 Å². The number of hydrogen-bond acceptors (Lipinski definition) is 2. The summed E-state index contributed by atoms with van der Waals surface area (Å²) < 4.78 is -0.0510. The minimum atomic E-state index is -0.0510. The minimum absolute atomic E-state index is 0.0510. The predicted octanol–water partition coefficient (Wildman–Crippen LogP) is 3.99. The third-order valence-electron chi connectivity index (χ3n) is 1.99. The van der Waals surface area contributed by atoms with E-state index >= 15 is 0 Å². The maximum atomic E-state index is 10.6. The molecule has 0 saturated carbocycles. The molecule has 1 nitrogen and oxygen atoms in total. The Bertz CT molecular complexity index is 126. The van der Waals surface area contributed by atoms with Crippen molar-refractivity contribution in [2.24, 2.45) is 5.92 Å². The molecule has 72 valence electrons. The van der Waals surface area contributed by atoms with E-state index in [1.165, 1.54) is 37.4 Å². The molecule has 1 unspecified atom stereocenters. The van der Waals surface area contributed by atoms with Gasteiger partial charge >= 0.3 is 0 Å². The molecule has 3 heteroatoms. The van der Waals surface area contributed by atoms with Gasteiger partial charge in [-0.1, -0.05) is 57.5 Å². The van der Waals surface area contributed by atoms with Gasteiger partial charge in [0.05, 0.1) is 0 Å². The van der Waals surface area contributed by atoms with E-state index in [9.17, 15) is 4.79 Å². The zero-order valence-electron chi connectivity index (χ0n) is 7.88. The van der Waals surface area contributed by atoms with E-state index in [1.54, 1.807) is 0 Å². The Kier molecular flexibility index (Phi) is 8.24. The van der Waals surface area contributed by atoms with Crippen LogP contribution >= 0.6 is 24.4 Å². The molecule has 0 amide bonds. The molecule has 1 atom stereocenters. The molecule has 0 fully saturated rings. The van der Waals surface area contributed by atoms with Crippen LogP contribution in [0.1, 0.15) is 39.5 Å². The lowest BCUT2D eigenvalue weighted by Crippen LogP contribution is -2.02. The monoisotopic (exact) mass is 206 g/mol. The molecule has 0 saturated heterocycles. The highest BCUT2D eigenvalue weighted by molar-refractivity contribution is 8.32. The quantitative estimate of drug-likeness (QED) is 0.662. The van der Waals surface area contributed by atoms with Crippen LogP contribution in [0.25, 0.3) is 0 Å². The van der Waals surface area contributed by atoms with Crippen molar-refractivity contribution >= 4 is 28.8 Å². The van der Waals surface area contributed by atoms with Gasteiger partial charge in [-0.3, -0.25) is 4.79 Å². The van der Waals surface area contributed by atoms with Crippen molar-refractivity contribution in [3.8, 4) is 0 Å². The van der Waals surface area contributed by atoms with Gasteiger partial charge in [0.15, 0.2) is 0 Å². The van der Waals surface area contributed by atoms with E-state index in [0.717, 1.165) is 5.75 Å². The SMILES string of the molecule is CCCCC(CC)CSC(=O)S. The zero-order chi connectivity index (χ0) is 9.40. The summed E-state index contributed by atoms with van der Waals surface area (Å²) in [6.45, 7) is 4.38. The summed E-state index contributed by atoms with van der Waals surface area (Å²) in [5, 5.41) is 0. The summed E-state index contributed by atoms with van der Waals surface area (Å²) in [5.74, 6) is 1.64. The Morgan fingerprint density at radius 2 is 2.17 bits per heavy atom. The first-order valence-corrected chi connectivity index (χ1v) is 5.99. The Labute approximate surface area is 85.1 Å². The average Bonchev–Trinajstić information content (AvgIpc) is 2.05.